The molecule has 0 atom stereocenters. The number of fused-ring (bicyclic) bond motifs is 1. The Balaban J connectivity index is 1.74. The van der Waals surface area contributed by atoms with Gasteiger partial charge in [0.05, 0.1) is 5.69 Å². The first-order chi connectivity index (χ1) is 9.28. The van der Waals surface area contributed by atoms with Crippen LogP contribution < -0.4 is 5.73 Å². The molecule has 5 nitrogen and oxygen atoms in total. The number of nitrogens with zero attached hydrogens (tertiary/aromatic N) is 4. The van der Waals surface area contributed by atoms with Gasteiger partial charge in [0.25, 0.3) is 0 Å². The summed E-state index contributed by atoms with van der Waals surface area (Å²) < 4.78 is 2.03. The van der Waals surface area contributed by atoms with Crippen molar-refractivity contribution < 1.29 is 0 Å². The van der Waals surface area contributed by atoms with E-state index in [4.69, 9.17) is 5.73 Å². The van der Waals surface area contributed by atoms with Crippen LogP contribution in [0.1, 0.15) is 25.6 Å². The monoisotopic (exact) mass is 259 g/mol. The lowest BCUT2D eigenvalue weighted by Gasteiger charge is -2.30. The molecule has 0 saturated carbocycles. The highest BCUT2D eigenvalue weighted by Gasteiger charge is 2.20. The van der Waals surface area contributed by atoms with E-state index in [0.29, 0.717) is 5.69 Å². The van der Waals surface area contributed by atoms with Crippen LogP contribution in [0.3, 0.4) is 0 Å². The van der Waals surface area contributed by atoms with Crippen molar-refractivity contribution in [1.82, 2.24) is 19.5 Å². The van der Waals surface area contributed by atoms with E-state index in [1.807, 2.05) is 22.7 Å². The summed E-state index contributed by atoms with van der Waals surface area (Å²) in [6.45, 7) is 5.81. The van der Waals surface area contributed by atoms with Crippen molar-refractivity contribution in [3.05, 3.63) is 24.2 Å². The topological polar surface area (TPSA) is 59.5 Å². The Hall–Kier alpha value is -1.62. The maximum atomic E-state index is 5.91. The van der Waals surface area contributed by atoms with Gasteiger partial charge in [0.2, 0.25) is 0 Å². The second kappa shape index (κ2) is 5.17. The zero-order chi connectivity index (χ0) is 13.2. The minimum absolute atomic E-state index is 0.696. The second-order valence-corrected chi connectivity index (χ2v) is 5.36. The molecule has 2 N–H and O–H groups in total. The van der Waals surface area contributed by atoms with Gasteiger partial charge >= 0.3 is 0 Å². The second-order valence-electron chi connectivity index (χ2n) is 5.36. The number of rotatable bonds is 3. The van der Waals surface area contributed by atoms with Crippen LogP contribution >= 0.6 is 0 Å². The number of likely N-dealkylation sites (tertiary alicyclic amines) is 1. The van der Waals surface area contributed by atoms with Gasteiger partial charge in [0.1, 0.15) is 5.82 Å². The Morgan fingerprint density at radius 1 is 1.32 bits per heavy atom. The normalized spacial score (nSPS) is 18.2. The lowest BCUT2D eigenvalue weighted by Crippen LogP contribution is -2.34. The van der Waals surface area contributed by atoms with E-state index in [2.05, 4.69) is 22.0 Å². The molecule has 2 aromatic heterocycles. The first kappa shape index (κ1) is 12.4. The number of nitrogens with two attached hydrogens (primary N) is 1. The van der Waals surface area contributed by atoms with Crippen LogP contribution in [0, 0.1) is 5.92 Å². The average Bonchev–Trinajstić information content (AvgIpc) is 2.84. The predicted octanol–water partition coefficient (Wildman–Crippen LogP) is 1.59. The highest BCUT2D eigenvalue weighted by molar-refractivity contribution is 5.63. The van der Waals surface area contributed by atoms with Gasteiger partial charge in [0.15, 0.2) is 5.65 Å². The van der Waals surface area contributed by atoms with Gasteiger partial charge in [-0.3, -0.25) is 4.40 Å². The minimum Gasteiger partial charge on any atom is -0.396 e. The van der Waals surface area contributed by atoms with Crippen molar-refractivity contribution in [1.29, 1.82) is 0 Å². The van der Waals surface area contributed by atoms with Crippen LogP contribution in [-0.4, -0.2) is 39.1 Å². The van der Waals surface area contributed by atoms with Crippen molar-refractivity contribution >= 4 is 11.3 Å². The van der Waals surface area contributed by atoms with Crippen LogP contribution in [-0.2, 0) is 6.42 Å². The maximum absolute atomic E-state index is 5.91. The molecule has 3 heterocycles. The minimum atomic E-state index is 0.696. The number of hydrogen-bond donors (Lipinski definition) is 1. The van der Waals surface area contributed by atoms with Gasteiger partial charge in [-0.15, -0.1) is 10.2 Å². The fourth-order valence-corrected chi connectivity index (χ4v) is 2.89. The van der Waals surface area contributed by atoms with Crippen LogP contribution in [0.4, 0.5) is 5.69 Å². The number of anilines is 1. The van der Waals surface area contributed by atoms with Gasteiger partial charge < -0.3 is 10.6 Å². The summed E-state index contributed by atoms with van der Waals surface area (Å²) in [6, 6.07) is 3.82. The highest BCUT2D eigenvalue weighted by Crippen LogP contribution is 2.22. The van der Waals surface area contributed by atoms with Crippen molar-refractivity contribution in [3.63, 3.8) is 0 Å². The smallest absolute Gasteiger partial charge is 0.183 e. The maximum Gasteiger partial charge on any atom is 0.183 e. The molecule has 1 fully saturated rings. The zero-order valence-corrected chi connectivity index (χ0v) is 11.4. The molecule has 0 aromatic carbocycles. The van der Waals surface area contributed by atoms with Gasteiger partial charge in [-0.2, -0.15) is 0 Å². The standard InChI is InChI=1S/C14H21N5/c1-2-18-8-5-11(6-9-18)10-13-16-17-14-12(15)4-3-7-19(13)14/h3-4,7,11H,2,5-6,8-10,15H2,1H3. The molecule has 1 aliphatic rings. The summed E-state index contributed by atoms with van der Waals surface area (Å²) in [7, 11) is 0. The quantitative estimate of drug-likeness (QED) is 0.909. The number of nitrogen functional groups attached to an aromatic ring is 1. The number of aromatic nitrogens is 3. The fraction of sp³-hybridized carbons (Fsp3) is 0.571. The van der Waals surface area contributed by atoms with Crippen molar-refractivity contribution in [2.24, 2.45) is 5.92 Å². The van der Waals surface area contributed by atoms with Gasteiger partial charge in [0, 0.05) is 12.6 Å². The molecular formula is C14H21N5. The first-order valence-electron chi connectivity index (χ1n) is 7.08. The van der Waals surface area contributed by atoms with Crippen LogP contribution in [0.5, 0.6) is 0 Å². The summed E-state index contributed by atoms with van der Waals surface area (Å²) in [5.41, 5.74) is 7.39. The Kier molecular flexibility index (Phi) is 3.38. The van der Waals surface area contributed by atoms with Crippen LogP contribution in [0.2, 0.25) is 0 Å². The summed E-state index contributed by atoms with van der Waals surface area (Å²) in [5.74, 6) is 1.76. The van der Waals surface area contributed by atoms with E-state index < -0.39 is 0 Å². The largest absolute Gasteiger partial charge is 0.396 e. The average molecular weight is 259 g/mol. The molecule has 5 heteroatoms. The summed E-state index contributed by atoms with van der Waals surface area (Å²) in [6.07, 6.45) is 5.51. The van der Waals surface area contributed by atoms with Gasteiger partial charge in [-0.1, -0.05) is 6.92 Å². The molecule has 0 amide bonds. The zero-order valence-electron chi connectivity index (χ0n) is 11.4. The Morgan fingerprint density at radius 2 is 2.11 bits per heavy atom. The van der Waals surface area contributed by atoms with Crippen molar-refractivity contribution in [2.45, 2.75) is 26.2 Å². The van der Waals surface area contributed by atoms with E-state index in [1.165, 1.54) is 25.9 Å². The summed E-state index contributed by atoms with van der Waals surface area (Å²) in [5, 5.41) is 8.50. The third-order valence-electron chi connectivity index (χ3n) is 4.16. The highest BCUT2D eigenvalue weighted by atomic mass is 15.2. The van der Waals surface area contributed by atoms with E-state index in [0.717, 1.165) is 30.4 Å². The predicted molar refractivity (Wildman–Crippen MR) is 75.9 cm³/mol. The molecule has 2 aromatic rings. The van der Waals surface area contributed by atoms with E-state index in [1.54, 1.807) is 0 Å². The SMILES string of the molecule is CCN1CCC(Cc2nnc3c(N)cccn23)CC1. The van der Waals surface area contributed by atoms with E-state index in [9.17, 15) is 0 Å². The van der Waals surface area contributed by atoms with E-state index in [-0.39, 0.29) is 0 Å². The molecule has 102 valence electrons. The van der Waals surface area contributed by atoms with Crippen LogP contribution in [0.15, 0.2) is 18.3 Å². The first-order valence-corrected chi connectivity index (χ1v) is 7.08. The molecule has 1 aliphatic heterocycles. The Morgan fingerprint density at radius 3 is 2.84 bits per heavy atom. The Labute approximate surface area is 113 Å². The molecular weight excluding hydrogens is 238 g/mol. The number of hydrogen-bond acceptors (Lipinski definition) is 4. The van der Waals surface area contributed by atoms with Gasteiger partial charge in [-0.05, 0) is 50.5 Å². The third-order valence-corrected chi connectivity index (χ3v) is 4.16. The molecule has 0 bridgehead atoms. The molecule has 0 unspecified atom stereocenters. The summed E-state index contributed by atoms with van der Waals surface area (Å²) >= 11 is 0. The molecule has 0 radical (unpaired) electrons. The molecule has 1 saturated heterocycles. The lowest BCUT2D eigenvalue weighted by molar-refractivity contribution is 0.190. The fourth-order valence-electron chi connectivity index (χ4n) is 2.89. The number of pyridine rings is 1. The summed E-state index contributed by atoms with van der Waals surface area (Å²) in [4.78, 5) is 2.51. The van der Waals surface area contributed by atoms with Crippen LogP contribution in [0.25, 0.3) is 5.65 Å². The molecule has 0 spiro atoms. The molecule has 3 rings (SSSR count). The van der Waals surface area contributed by atoms with Crippen molar-refractivity contribution in [2.75, 3.05) is 25.4 Å². The third kappa shape index (κ3) is 2.42. The number of piperidine rings is 1. The Bertz CT molecular complexity index is 554. The van der Waals surface area contributed by atoms with E-state index >= 15 is 0 Å². The van der Waals surface area contributed by atoms with Gasteiger partial charge in [-0.25, -0.2) is 0 Å². The van der Waals surface area contributed by atoms with Crippen molar-refractivity contribution in [3.8, 4) is 0 Å². The molecule has 19 heavy (non-hydrogen) atoms. The lowest BCUT2D eigenvalue weighted by atomic mass is 9.93. The molecule has 0 aliphatic carbocycles.